The molecule has 316 valence electrons. The van der Waals surface area contributed by atoms with Crippen molar-refractivity contribution in [3.8, 4) is 0 Å². The maximum Gasteiger partial charge on any atom is 0.303 e. The van der Waals surface area contributed by atoms with Gasteiger partial charge in [0.1, 0.15) is 5.69 Å². The molecule has 0 spiro atoms. The lowest BCUT2D eigenvalue weighted by Crippen LogP contribution is -2.65. The average molecular weight is 795 g/mol. The molecule has 6 aliphatic rings. The fraction of sp³-hybridized carbons (Fsp3) is 0.818. The van der Waals surface area contributed by atoms with Crippen LogP contribution < -0.4 is 5.32 Å². The number of carbonyl (C=O) groups excluding carboxylic acids is 4. The third kappa shape index (κ3) is 6.84. The van der Waals surface area contributed by atoms with E-state index in [4.69, 9.17) is 18.9 Å². The standard InChI is InChI=1S/C44H66N4O9/c1-25(49)55-31-24-54-37(36(57-27(3)51)35(31)56-26(2)50)48-23-28(46-47-48)22-45-38(53)44-19-17-39(4,5)21-30(44)29-11-12-33-41(8)15-14-34(52)40(6,7)32(41)13-16-43(33,10)42(29,9)18-20-44/h11,23,30-37,52H,12-22,24H2,1-10H3,(H,45,53)/t30-,31-,32-,33+,34-,35-,36+,37+,41-,42+,43+,44-/m0/s1. The molecule has 0 radical (unpaired) electrons. The van der Waals surface area contributed by atoms with Gasteiger partial charge in [-0.25, -0.2) is 4.68 Å². The number of amides is 1. The Kier molecular flexibility index (Phi) is 10.6. The van der Waals surface area contributed by atoms with E-state index in [9.17, 15) is 24.3 Å². The van der Waals surface area contributed by atoms with Crippen molar-refractivity contribution in [3.05, 3.63) is 23.5 Å². The molecule has 0 unspecified atom stereocenters. The van der Waals surface area contributed by atoms with Crippen LogP contribution in [0.3, 0.4) is 0 Å². The molecule has 2 heterocycles. The maximum atomic E-state index is 14.8. The topological polar surface area (TPSA) is 168 Å². The number of allylic oxidation sites excluding steroid dienone is 2. The lowest BCUT2D eigenvalue weighted by atomic mass is 9.33. The minimum Gasteiger partial charge on any atom is -0.456 e. The van der Waals surface area contributed by atoms with Crippen LogP contribution in [0.15, 0.2) is 17.8 Å². The third-order valence-electron chi connectivity index (χ3n) is 16.6. The number of fused-ring (bicyclic) bond motifs is 7. The lowest BCUT2D eigenvalue weighted by molar-refractivity contribution is -0.241. The molecule has 12 atom stereocenters. The summed E-state index contributed by atoms with van der Waals surface area (Å²) in [6.45, 7) is 20.6. The highest BCUT2D eigenvalue weighted by atomic mass is 16.6. The zero-order chi connectivity index (χ0) is 41.5. The SMILES string of the molecule is CC(=O)O[C@@H]1[C@@H](OC(C)=O)[C@H](n2cc(CNC(=O)[C@]34CCC(C)(C)C[C@H]3C3=CC[C@@H]5[C@@]6(C)CC[C@H](O)C(C)(C)[C@@H]6CC[C@@]5(C)[C@]3(C)CC4)nn2)OC[C@@H]1OC(C)=O. The minimum absolute atomic E-state index is 0.0223. The number of aliphatic hydroxyl groups is 1. The molecule has 57 heavy (non-hydrogen) atoms. The van der Waals surface area contributed by atoms with Crippen molar-refractivity contribution in [1.29, 1.82) is 0 Å². The maximum absolute atomic E-state index is 14.8. The van der Waals surface area contributed by atoms with Crippen LogP contribution >= 0.6 is 0 Å². The van der Waals surface area contributed by atoms with E-state index in [2.05, 4.69) is 70.2 Å². The molecule has 7 rings (SSSR count). The van der Waals surface area contributed by atoms with E-state index in [1.54, 1.807) is 6.20 Å². The Hall–Kier alpha value is -3.32. The molecule has 1 aromatic rings. The van der Waals surface area contributed by atoms with Gasteiger partial charge in [-0.1, -0.05) is 65.3 Å². The summed E-state index contributed by atoms with van der Waals surface area (Å²) in [5.41, 5.74) is 1.69. The summed E-state index contributed by atoms with van der Waals surface area (Å²) in [5, 5.41) is 23.0. The molecule has 1 aromatic heterocycles. The van der Waals surface area contributed by atoms with Gasteiger partial charge >= 0.3 is 17.9 Å². The number of nitrogens with zero attached hydrogens (tertiary/aromatic N) is 3. The number of hydrogen-bond donors (Lipinski definition) is 2. The molecule has 1 amide bonds. The van der Waals surface area contributed by atoms with Crippen LogP contribution in [0.1, 0.15) is 145 Å². The number of aromatic nitrogens is 3. The van der Waals surface area contributed by atoms with Gasteiger partial charge in [-0.3, -0.25) is 19.2 Å². The third-order valence-corrected chi connectivity index (χ3v) is 16.6. The van der Waals surface area contributed by atoms with Gasteiger partial charge in [-0.2, -0.15) is 0 Å². The van der Waals surface area contributed by atoms with Crippen molar-refractivity contribution in [1.82, 2.24) is 20.3 Å². The smallest absolute Gasteiger partial charge is 0.303 e. The largest absolute Gasteiger partial charge is 0.456 e. The zero-order valence-electron chi connectivity index (χ0n) is 35.8. The Morgan fingerprint density at radius 2 is 1.53 bits per heavy atom. The van der Waals surface area contributed by atoms with Gasteiger partial charge in [0, 0.05) is 20.8 Å². The predicted molar refractivity (Wildman–Crippen MR) is 209 cm³/mol. The van der Waals surface area contributed by atoms with Crippen molar-refractivity contribution in [2.24, 2.45) is 50.2 Å². The molecule has 13 heteroatoms. The summed E-state index contributed by atoms with van der Waals surface area (Å²) in [4.78, 5) is 50.9. The number of carbonyl (C=O) groups is 4. The molecular weight excluding hydrogens is 729 g/mol. The summed E-state index contributed by atoms with van der Waals surface area (Å²) in [7, 11) is 0. The van der Waals surface area contributed by atoms with Gasteiger partial charge in [-0.15, -0.1) is 5.10 Å². The van der Waals surface area contributed by atoms with Crippen LogP contribution in [-0.4, -0.2) is 74.9 Å². The summed E-state index contributed by atoms with van der Waals surface area (Å²) in [5.74, 6) is -0.699. The summed E-state index contributed by atoms with van der Waals surface area (Å²) in [6.07, 6.45) is 9.36. The lowest BCUT2D eigenvalue weighted by Gasteiger charge is -2.71. The molecule has 1 saturated heterocycles. The first-order valence-electron chi connectivity index (χ1n) is 21.3. The Morgan fingerprint density at radius 1 is 0.860 bits per heavy atom. The van der Waals surface area contributed by atoms with Crippen LogP contribution in [0.25, 0.3) is 0 Å². The highest BCUT2D eigenvalue weighted by Crippen LogP contribution is 2.75. The van der Waals surface area contributed by atoms with Gasteiger partial charge in [-0.05, 0) is 109 Å². The highest BCUT2D eigenvalue weighted by Gasteiger charge is 2.69. The number of aliphatic hydroxyl groups excluding tert-OH is 1. The van der Waals surface area contributed by atoms with E-state index in [1.165, 1.54) is 31.0 Å². The van der Waals surface area contributed by atoms with Crippen LogP contribution in [0, 0.1) is 50.2 Å². The Bertz CT molecular complexity index is 1810. The fourth-order valence-electron chi connectivity index (χ4n) is 13.5. The Morgan fingerprint density at radius 3 is 2.21 bits per heavy atom. The van der Waals surface area contributed by atoms with Gasteiger partial charge in [0.25, 0.3) is 0 Å². The van der Waals surface area contributed by atoms with Crippen LogP contribution in [-0.2, 0) is 44.7 Å². The van der Waals surface area contributed by atoms with E-state index >= 15 is 0 Å². The quantitative estimate of drug-likeness (QED) is 0.179. The summed E-state index contributed by atoms with van der Waals surface area (Å²) in [6, 6.07) is 0. The van der Waals surface area contributed by atoms with Crippen molar-refractivity contribution in [2.45, 2.75) is 171 Å². The fourth-order valence-corrected chi connectivity index (χ4v) is 13.5. The zero-order valence-corrected chi connectivity index (χ0v) is 35.8. The first-order chi connectivity index (χ1) is 26.6. The van der Waals surface area contributed by atoms with E-state index in [0.29, 0.717) is 17.5 Å². The number of ether oxygens (including phenoxy) is 4. The van der Waals surface area contributed by atoms with Crippen LogP contribution in [0.4, 0.5) is 0 Å². The summed E-state index contributed by atoms with van der Waals surface area (Å²) < 4.78 is 23.8. The van der Waals surface area contributed by atoms with Crippen LogP contribution in [0.2, 0.25) is 0 Å². The number of hydrogen-bond acceptors (Lipinski definition) is 11. The van der Waals surface area contributed by atoms with Gasteiger partial charge in [0.05, 0.1) is 30.9 Å². The normalized spacial score (nSPS) is 41.8. The number of nitrogens with one attached hydrogen (secondary N) is 1. The van der Waals surface area contributed by atoms with Crippen molar-refractivity contribution < 1.29 is 43.2 Å². The van der Waals surface area contributed by atoms with Gasteiger partial charge < -0.3 is 29.4 Å². The second-order valence-electron chi connectivity index (χ2n) is 20.6. The van der Waals surface area contributed by atoms with E-state index in [1.807, 2.05) is 0 Å². The Labute approximate surface area is 337 Å². The van der Waals surface area contributed by atoms with Crippen molar-refractivity contribution in [2.75, 3.05) is 6.61 Å². The molecule has 4 saturated carbocycles. The molecule has 5 fully saturated rings. The van der Waals surface area contributed by atoms with E-state index in [-0.39, 0.29) is 58.2 Å². The number of esters is 3. The van der Waals surface area contributed by atoms with Gasteiger partial charge in [0.2, 0.25) is 5.91 Å². The van der Waals surface area contributed by atoms with Crippen LogP contribution in [0.5, 0.6) is 0 Å². The number of rotatable bonds is 7. The van der Waals surface area contributed by atoms with Gasteiger partial charge in [0.15, 0.2) is 24.5 Å². The highest BCUT2D eigenvalue weighted by molar-refractivity contribution is 5.84. The second kappa shape index (κ2) is 14.4. The second-order valence-corrected chi connectivity index (χ2v) is 20.6. The first-order valence-corrected chi connectivity index (χ1v) is 21.3. The van der Waals surface area contributed by atoms with E-state index < -0.39 is 47.9 Å². The average Bonchev–Trinajstić information content (AvgIpc) is 3.58. The predicted octanol–water partition coefficient (Wildman–Crippen LogP) is 6.38. The van der Waals surface area contributed by atoms with Crippen molar-refractivity contribution in [3.63, 3.8) is 0 Å². The minimum atomic E-state index is -1.19. The molecule has 5 aliphatic carbocycles. The molecular formula is C44H66N4O9. The molecule has 0 aromatic carbocycles. The molecule has 1 aliphatic heterocycles. The first kappa shape index (κ1) is 41.8. The molecule has 13 nitrogen and oxygen atoms in total. The molecule has 2 N–H and O–H groups in total. The van der Waals surface area contributed by atoms with Crippen molar-refractivity contribution >= 4 is 23.8 Å². The van der Waals surface area contributed by atoms with E-state index in [0.717, 1.165) is 64.2 Å². The molecule has 0 bridgehead atoms. The Balaban J connectivity index is 1.12. The monoisotopic (exact) mass is 794 g/mol. The summed E-state index contributed by atoms with van der Waals surface area (Å²) >= 11 is 0.